The van der Waals surface area contributed by atoms with Gasteiger partial charge in [-0.15, -0.1) is 18.3 Å². The van der Waals surface area contributed by atoms with Gasteiger partial charge in [-0.3, -0.25) is 4.79 Å². The van der Waals surface area contributed by atoms with Crippen molar-refractivity contribution in [1.82, 2.24) is 5.32 Å². The molecule has 0 aromatic heterocycles. The van der Waals surface area contributed by atoms with E-state index in [9.17, 15) is 4.79 Å². The lowest BCUT2D eigenvalue weighted by Gasteiger charge is -2.38. The fourth-order valence-electron chi connectivity index (χ4n) is 3.25. The lowest BCUT2D eigenvalue weighted by molar-refractivity contribution is 0.0617. The lowest BCUT2D eigenvalue weighted by Crippen LogP contribution is -2.41. The highest BCUT2D eigenvalue weighted by Gasteiger charge is 2.35. The van der Waals surface area contributed by atoms with E-state index in [0.717, 1.165) is 27.7 Å². The molecule has 0 unspecified atom stereocenters. The maximum atomic E-state index is 13.0. The Labute approximate surface area is 165 Å². The summed E-state index contributed by atoms with van der Waals surface area (Å²) >= 11 is 1.61. The number of carbonyl (C=O) groups excluding carboxylic acids is 1. The molecule has 4 nitrogen and oxygen atoms in total. The number of hydrogen-bond acceptors (Lipinski definition) is 4. The molecule has 27 heavy (non-hydrogen) atoms. The third-order valence-corrected chi connectivity index (χ3v) is 5.54. The minimum Gasteiger partial charge on any atom is -0.497 e. The molecule has 1 aliphatic heterocycles. The van der Waals surface area contributed by atoms with Gasteiger partial charge in [-0.2, -0.15) is 0 Å². The van der Waals surface area contributed by atoms with Crippen molar-refractivity contribution >= 4 is 17.7 Å². The summed E-state index contributed by atoms with van der Waals surface area (Å²) in [6.45, 7) is 7.82. The van der Waals surface area contributed by atoms with Gasteiger partial charge < -0.3 is 14.8 Å². The van der Waals surface area contributed by atoms with Crippen LogP contribution < -0.4 is 14.8 Å². The number of amides is 1. The maximum absolute atomic E-state index is 13.0. The van der Waals surface area contributed by atoms with E-state index in [-0.39, 0.29) is 17.6 Å². The molecule has 0 aliphatic carbocycles. The van der Waals surface area contributed by atoms with Gasteiger partial charge in [-0.25, -0.2) is 0 Å². The summed E-state index contributed by atoms with van der Waals surface area (Å²) in [4.78, 5) is 14.0. The van der Waals surface area contributed by atoms with Crippen molar-refractivity contribution in [1.29, 1.82) is 0 Å². The zero-order valence-electron chi connectivity index (χ0n) is 16.0. The predicted octanol–water partition coefficient (Wildman–Crippen LogP) is 5.01. The molecule has 1 aliphatic rings. The largest absolute Gasteiger partial charge is 0.497 e. The Hall–Kier alpha value is -2.40. The van der Waals surface area contributed by atoms with Gasteiger partial charge in [0, 0.05) is 22.6 Å². The van der Waals surface area contributed by atoms with Gasteiger partial charge in [-0.05, 0) is 44.2 Å². The Bertz CT molecular complexity index is 847. The van der Waals surface area contributed by atoms with Crippen LogP contribution in [0.1, 0.15) is 42.2 Å². The van der Waals surface area contributed by atoms with Crippen molar-refractivity contribution in [2.75, 3.05) is 12.9 Å². The second-order valence-electron chi connectivity index (χ2n) is 7.09. The standard InChI is InChI=1S/C22H25NO3S/c1-5-12-27-20-9-7-6-8-16(20)21(24)23-18-14-22(2,3)26-19-11-10-15(25-4)13-17(18)19/h5-11,13,18H,1,12,14H2,2-4H3,(H,23,24)/t18-/m1/s1. The molecular formula is C22H25NO3S. The molecule has 1 heterocycles. The van der Waals surface area contributed by atoms with Crippen molar-refractivity contribution in [2.24, 2.45) is 0 Å². The average molecular weight is 384 g/mol. The molecule has 3 rings (SSSR count). The van der Waals surface area contributed by atoms with Crippen molar-refractivity contribution in [3.63, 3.8) is 0 Å². The Morgan fingerprint density at radius 2 is 2.15 bits per heavy atom. The molecule has 5 heteroatoms. The summed E-state index contributed by atoms with van der Waals surface area (Å²) in [5.41, 5.74) is 1.26. The highest BCUT2D eigenvalue weighted by Crippen LogP contribution is 2.41. The van der Waals surface area contributed by atoms with Crippen LogP contribution in [0.25, 0.3) is 0 Å². The van der Waals surface area contributed by atoms with Gasteiger partial charge in [0.15, 0.2) is 0 Å². The number of fused-ring (bicyclic) bond motifs is 1. The second kappa shape index (κ2) is 8.09. The van der Waals surface area contributed by atoms with Gasteiger partial charge in [0.05, 0.1) is 18.7 Å². The number of ether oxygens (including phenoxy) is 2. The first-order chi connectivity index (χ1) is 12.9. The van der Waals surface area contributed by atoms with Gasteiger partial charge in [0.1, 0.15) is 17.1 Å². The molecule has 0 radical (unpaired) electrons. The lowest BCUT2D eigenvalue weighted by atomic mass is 9.89. The molecule has 0 spiro atoms. The molecular weight excluding hydrogens is 358 g/mol. The van der Waals surface area contributed by atoms with Gasteiger partial charge in [0.25, 0.3) is 5.91 Å². The zero-order valence-corrected chi connectivity index (χ0v) is 16.8. The first kappa shape index (κ1) is 19.4. The van der Waals surface area contributed by atoms with Crippen LogP contribution in [0.5, 0.6) is 11.5 Å². The van der Waals surface area contributed by atoms with Crippen LogP contribution in [0.4, 0.5) is 0 Å². The Morgan fingerprint density at radius 3 is 2.89 bits per heavy atom. The normalized spacial score (nSPS) is 17.4. The Balaban J connectivity index is 1.89. The van der Waals surface area contributed by atoms with Crippen LogP contribution >= 0.6 is 11.8 Å². The van der Waals surface area contributed by atoms with E-state index in [2.05, 4.69) is 11.9 Å². The number of benzene rings is 2. The van der Waals surface area contributed by atoms with Gasteiger partial charge >= 0.3 is 0 Å². The SMILES string of the molecule is C=CCSc1ccccc1C(=O)N[C@@H]1CC(C)(C)Oc2ccc(OC)cc21. The highest BCUT2D eigenvalue weighted by atomic mass is 32.2. The van der Waals surface area contributed by atoms with Crippen molar-refractivity contribution in [2.45, 2.75) is 36.8 Å². The maximum Gasteiger partial charge on any atom is 0.252 e. The third-order valence-electron chi connectivity index (χ3n) is 4.47. The van der Waals surface area contributed by atoms with Gasteiger partial charge in [0.2, 0.25) is 0 Å². The number of carbonyl (C=O) groups is 1. The molecule has 2 aromatic carbocycles. The van der Waals surface area contributed by atoms with Crippen LogP contribution in [0, 0.1) is 0 Å². The molecule has 0 saturated carbocycles. The second-order valence-corrected chi connectivity index (χ2v) is 8.15. The van der Waals surface area contributed by atoms with E-state index in [1.165, 1.54) is 0 Å². The van der Waals surface area contributed by atoms with Crippen LogP contribution in [0.2, 0.25) is 0 Å². The minimum absolute atomic E-state index is 0.0846. The minimum atomic E-state index is -0.364. The number of thioether (sulfide) groups is 1. The fraction of sp³-hybridized carbons (Fsp3) is 0.318. The van der Waals surface area contributed by atoms with Crippen LogP contribution in [-0.4, -0.2) is 24.4 Å². The summed E-state index contributed by atoms with van der Waals surface area (Å²) in [6, 6.07) is 13.2. The van der Waals surface area contributed by atoms with Crippen molar-refractivity contribution < 1.29 is 14.3 Å². The monoisotopic (exact) mass is 383 g/mol. The third kappa shape index (κ3) is 4.48. The molecule has 0 bridgehead atoms. The molecule has 0 saturated heterocycles. The molecule has 142 valence electrons. The Morgan fingerprint density at radius 1 is 1.37 bits per heavy atom. The highest BCUT2D eigenvalue weighted by molar-refractivity contribution is 7.99. The van der Waals surface area contributed by atoms with E-state index in [1.807, 2.05) is 62.4 Å². The molecule has 2 aromatic rings. The smallest absolute Gasteiger partial charge is 0.252 e. The van der Waals surface area contributed by atoms with Crippen LogP contribution in [0.3, 0.4) is 0 Å². The van der Waals surface area contributed by atoms with E-state index >= 15 is 0 Å². The van der Waals surface area contributed by atoms with E-state index in [0.29, 0.717) is 12.0 Å². The van der Waals surface area contributed by atoms with E-state index < -0.39 is 0 Å². The summed E-state index contributed by atoms with van der Waals surface area (Å²) in [5.74, 6) is 2.21. The fourth-order valence-corrected chi connectivity index (χ4v) is 4.04. The molecule has 1 atom stereocenters. The Kier molecular flexibility index (Phi) is 5.80. The van der Waals surface area contributed by atoms with E-state index in [1.54, 1.807) is 18.9 Å². The van der Waals surface area contributed by atoms with E-state index in [4.69, 9.17) is 9.47 Å². The number of methoxy groups -OCH3 is 1. The average Bonchev–Trinajstić information content (AvgIpc) is 2.65. The molecule has 1 amide bonds. The number of hydrogen-bond donors (Lipinski definition) is 1. The van der Waals surface area contributed by atoms with Crippen LogP contribution in [-0.2, 0) is 0 Å². The summed E-state index contributed by atoms with van der Waals surface area (Å²) < 4.78 is 11.4. The first-order valence-electron chi connectivity index (χ1n) is 8.94. The topological polar surface area (TPSA) is 47.6 Å². The number of rotatable bonds is 6. The number of nitrogens with one attached hydrogen (secondary N) is 1. The first-order valence-corrected chi connectivity index (χ1v) is 9.92. The van der Waals surface area contributed by atoms with Gasteiger partial charge in [-0.1, -0.05) is 18.2 Å². The summed E-state index contributed by atoms with van der Waals surface area (Å²) in [6.07, 6.45) is 2.52. The van der Waals surface area contributed by atoms with Crippen LogP contribution in [0.15, 0.2) is 60.0 Å². The molecule has 0 fully saturated rings. The summed E-state index contributed by atoms with van der Waals surface area (Å²) in [7, 11) is 1.63. The molecule has 1 N–H and O–H groups in total. The van der Waals surface area contributed by atoms with Crippen molar-refractivity contribution in [3.8, 4) is 11.5 Å². The predicted molar refractivity (Wildman–Crippen MR) is 110 cm³/mol. The summed E-state index contributed by atoms with van der Waals surface area (Å²) in [5, 5.41) is 3.20. The zero-order chi connectivity index (χ0) is 19.4. The van der Waals surface area contributed by atoms with Crippen molar-refractivity contribution in [3.05, 3.63) is 66.2 Å². The quantitative estimate of drug-likeness (QED) is 0.563.